The maximum absolute atomic E-state index is 13.4. The summed E-state index contributed by atoms with van der Waals surface area (Å²) in [5.74, 6) is 0.232. The summed E-state index contributed by atoms with van der Waals surface area (Å²) in [5, 5.41) is 18.4. The number of aromatic amines is 1. The van der Waals surface area contributed by atoms with E-state index in [1.807, 2.05) is 31.2 Å². The molecule has 0 saturated carbocycles. The molecule has 10 nitrogen and oxygen atoms in total. The maximum Gasteiger partial charge on any atom is 0.273 e. The summed E-state index contributed by atoms with van der Waals surface area (Å²) in [6, 6.07) is 21.2. The van der Waals surface area contributed by atoms with Crippen LogP contribution in [0.2, 0.25) is 0 Å². The predicted molar refractivity (Wildman–Crippen MR) is 171 cm³/mol. The lowest BCUT2D eigenvalue weighted by atomic mass is 10.0. The highest BCUT2D eigenvalue weighted by Crippen LogP contribution is 2.29. The molecule has 224 valence electrons. The van der Waals surface area contributed by atoms with E-state index in [1.165, 1.54) is 17.5 Å². The number of amides is 1. The van der Waals surface area contributed by atoms with Crippen LogP contribution in [0, 0.1) is 6.92 Å². The highest BCUT2D eigenvalue weighted by Gasteiger charge is 2.16. The van der Waals surface area contributed by atoms with Crippen LogP contribution < -0.4 is 10.1 Å². The van der Waals surface area contributed by atoms with Gasteiger partial charge in [0.1, 0.15) is 18.1 Å². The summed E-state index contributed by atoms with van der Waals surface area (Å²) >= 11 is 0. The summed E-state index contributed by atoms with van der Waals surface area (Å²) in [7, 11) is 1.71. The number of nitrogens with one attached hydrogen (secondary N) is 2. The van der Waals surface area contributed by atoms with Gasteiger partial charge in [0, 0.05) is 47.5 Å². The Morgan fingerprint density at radius 3 is 2.57 bits per heavy atom. The number of aryl methyl sites for hydroxylation is 2. The molecule has 3 heterocycles. The number of ether oxygens (including phenoxy) is 1. The summed E-state index contributed by atoms with van der Waals surface area (Å²) < 4.78 is 7.39. The molecule has 0 unspecified atom stereocenters. The van der Waals surface area contributed by atoms with Crippen LogP contribution in [-0.4, -0.2) is 68.9 Å². The highest BCUT2D eigenvalue weighted by molar-refractivity contribution is 6.13. The van der Waals surface area contributed by atoms with Gasteiger partial charge in [-0.15, -0.1) is 0 Å². The number of carbonyl (C=O) groups is 2. The number of hydrogen-bond acceptors (Lipinski definition) is 7. The Kier molecular flexibility index (Phi) is 8.25. The van der Waals surface area contributed by atoms with Crippen molar-refractivity contribution in [2.24, 2.45) is 12.0 Å². The monoisotopic (exact) mass is 590 g/mol. The van der Waals surface area contributed by atoms with E-state index in [0.29, 0.717) is 40.2 Å². The van der Waals surface area contributed by atoms with Gasteiger partial charge >= 0.3 is 0 Å². The van der Waals surface area contributed by atoms with E-state index in [-0.39, 0.29) is 17.6 Å². The fraction of sp³-hybridized carbons (Fsp3) is 0.235. The van der Waals surface area contributed by atoms with E-state index < -0.39 is 0 Å². The van der Waals surface area contributed by atoms with Crippen LogP contribution in [0.4, 0.5) is 11.4 Å². The number of aliphatic imine (C=N–C) groups is 1. The Labute approximate surface area is 255 Å². The first kappa shape index (κ1) is 28.9. The Morgan fingerprint density at radius 2 is 1.82 bits per heavy atom. The smallest absolute Gasteiger partial charge is 0.273 e. The molecule has 0 spiro atoms. The van der Waals surface area contributed by atoms with Gasteiger partial charge in [-0.25, -0.2) is 0 Å². The molecule has 1 saturated heterocycles. The molecular formula is C34H34N6O4. The number of benzene rings is 3. The molecule has 1 fully saturated rings. The SMILES string of the molecule is Cc1cc(C(=O)Nc2cccc(C(=O)c3ccc4c(C=Nc5ccc(OCCN6CCCC6)cc5)c(O)[nH]c4c3)c2)n(C)n1. The fourth-order valence-corrected chi connectivity index (χ4v) is 5.47. The van der Waals surface area contributed by atoms with Crippen molar-refractivity contribution in [2.45, 2.75) is 19.8 Å². The van der Waals surface area contributed by atoms with Crippen LogP contribution in [0.3, 0.4) is 0 Å². The molecule has 0 aliphatic carbocycles. The minimum absolute atomic E-state index is 0.0367. The third kappa shape index (κ3) is 6.40. The van der Waals surface area contributed by atoms with Crippen molar-refractivity contribution < 1.29 is 19.4 Å². The zero-order valence-electron chi connectivity index (χ0n) is 24.7. The molecule has 1 aliphatic heterocycles. The molecule has 1 amide bonds. The predicted octanol–water partition coefficient (Wildman–Crippen LogP) is 5.62. The van der Waals surface area contributed by atoms with Crippen molar-refractivity contribution in [1.29, 1.82) is 0 Å². The van der Waals surface area contributed by atoms with E-state index in [0.717, 1.165) is 42.2 Å². The molecule has 5 aromatic rings. The summed E-state index contributed by atoms with van der Waals surface area (Å²) in [4.78, 5) is 36.0. The lowest BCUT2D eigenvalue weighted by molar-refractivity contribution is 0.101. The third-order valence-corrected chi connectivity index (χ3v) is 7.75. The van der Waals surface area contributed by atoms with E-state index in [1.54, 1.807) is 61.8 Å². The molecule has 0 bridgehead atoms. The molecule has 2 aromatic heterocycles. The Balaban J connectivity index is 1.12. The molecule has 0 atom stereocenters. The molecule has 1 aliphatic rings. The molecular weight excluding hydrogens is 556 g/mol. The molecule has 6 rings (SSSR count). The summed E-state index contributed by atoms with van der Waals surface area (Å²) in [6.45, 7) is 5.71. The summed E-state index contributed by atoms with van der Waals surface area (Å²) in [5.41, 5.74) is 4.38. The normalized spacial score (nSPS) is 13.6. The van der Waals surface area contributed by atoms with E-state index in [9.17, 15) is 14.7 Å². The average molecular weight is 591 g/mol. The van der Waals surface area contributed by atoms with Crippen molar-refractivity contribution in [3.63, 3.8) is 0 Å². The van der Waals surface area contributed by atoms with Gasteiger partial charge in [0.2, 0.25) is 0 Å². The number of H-pyrrole nitrogens is 1. The maximum atomic E-state index is 13.4. The van der Waals surface area contributed by atoms with Gasteiger partial charge in [-0.05, 0) is 81.4 Å². The van der Waals surface area contributed by atoms with Gasteiger partial charge in [-0.2, -0.15) is 5.10 Å². The van der Waals surface area contributed by atoms with Crippen LogP contribution in [0.25, 0.3) is 10.9 Å². The Hall–Kier alpha value is -5.22. The second-order valence-electron chi connectivity index (χ2n) is 11.0. The number of aromatic nitrogens is 3. The highest BCUT2D eigenvalue weighted by atomic mass is 16.5. The van der Waals surface area contributed by atoms with Crippen LogP contribution in [0.1, 0.15) is 50.5 Å². The van der Waals surface area contributed by atoms with Gasteiger partial charge in [0.25, 0.3) is 5.91 Å². The van der Waals surface area contributed by atoms with Crippen molar-refractivity contribution in [3.8, 4) is 11.6 Å². The van der Waals surface area contributed by atoms with Crippen molar-refractivity contribution in [1.82, 2.24) is 19.7 Å². The number of aromatic hydroxyl groups is 1. The lowest BCUT2D eigenvalue weighted by Gasteiger charge is -2.14. The molecule has 3 aromatic carbocycles. The number of carbonyl (C=O) groups excluding carboxylic acids is 2. The number of fused-ring (bicyclic) bond motifs is 1. The fourth-order valence-electron chi connectivity index (χ4n) is 5.47. The standard InChI is InChI=1S/C34H34N6O4/c1-22-18-31(39(2)38-22)34(43)36-26-7-5-6-23(19-26)32(41)24-8-13-28-29(33(42)37-30(28)20-24)21-35-25-9-11-27(12-10-25)44-17-16-40-14-3-4-15-40/h5-13,18-21,37,42H,3-4,14-17H2,1-2H3,(H,36,43). The number of nitrogens with zero attached hydrogens (tertiary/aromatic N) is 4. The molecule has 10 heteroatoms. The first-order valence-electron chi connectivity index (χ1n) is 14.6. The van der Waals surface area contributed by atoms with E-state index in [2.05, 4.69) is 25.3 Å². The second kappa shape index (κ2) is 12.6. The quantitative estimate of drug-likeness (QED) is 0.143. The number of likely N-dealkylation sites (tertiary alicyclic amines) is 1. The first-order chi connectivity index (χ1) is 21.3. The number of rotatable bonds is 10. The van der Waals surface area contributed by atoms with Gasteiger partial charge in [-0.1, -0.05) is 24.3 Å². The van der Waals surface area contributed by atoms with Crippen molar-refractivity contribution in [3.05, 3.63) is 101 Å². The largest absolute Gasteiger partial charge is 0.494 e. The first-order valence-corrected chi connectivity index (χ1v) is 14.6. The minimum Gasteiger partial charge on any atom is -0.494 e. The van der Waals surface area contributed by atoms with Gasteiger partial charge in [0.15, 0.2) is 11.7 Å². The van der Waals surface area contributed by atoms with Gasteiger partial charge in [0.05, 0.1) is 16.9 Å². The number of hydrogen-bond donors (Lipinski definition) is 3. The topological polar surface area (TPSA) is 125 Å². The molecule has 3 N–H and O–H groups in total. The summed E-state index contributed by atoms with van der Waals surface area (Å²) in [6.07, 6.45) is 4.14. The lowest BCUT2D eigenvalue weighted by Crippen LogP contribution is -2.25. The third-order valence-electron chi connectivity index (χ3n) is 7.75. The average Bonchev–Trinajstić information content (AvgIpc) is 3.74. The van der Waals surface area contributed by atoms with E-state index >= 15 is 0 Å². The van der Waals surface area contributed by atoms with Crippen LogP contribution in [0.15, 0.2) is 77.8 Å². The van der Waals surface area contributed by atoms with Crippen molar-refractivity contribution >= 4 is 40.2 Å². The number of anilines is 1. The van der Waals surface area contributed by atoms with Crippen LogP contribution >= 0.6 is 0 Å². The Morgan fingerprint density at radius 1 is 1.05 bits per heavy atom. The van der Waals surface area contributed by atoms with Crippen LogP contribution in [-0.2, 0) is 7.05 Å². The Bertz CT molecular complexity index is 1850. The van der Waals surface area contributed by atoms with Gasteiger partial charge < -0.3 is 20.1 Å². The van der Waals surface area contributed by atoms with Crippen molar-refractivity contribution in [2.75, 3.05) is 31.6 Å². The molecule has 44 heavy (non-hydrogen) atoms. The number of ketones is 1. The molecule has 0 radical (unpaired) electrons. The van der Waals surface area contributed by atoms with E-state index in [4.69, 9.17) is 4.74 Å². The second-order valence-corrected chi connectivity index (χ2v) is 11.0. The zero-order valence-corrected chi connectivity index (χ0v) is 24.7. The minimum atomic E-state index is -0.313. The zero-order chi connectivity index (χ0) is 30.6. The van der Waals surface area contributed by atoms with Gasteiger partial charge in [-0.3, -0.25) is 24.2 Å². The van der Waals surface area contributed by atoms with Crippen LogP contribution in [0.5, 0.6) is 11.6 Å².